The van der Waals surface area contributed by atoms with E-state index in [9.17, 15) is 36.6 Å². The summed E-state index contributed by atoms with van der Waals surface area (Å²) in [7, 11) is 0. The monoisotopic (exact) mass is 453 g/mol. The van der Waals surface area contributed by atoms with Gasteiger partial charge in [-0.1, -0.05) is 35.9 Å². The van der Waals surface area contributed by atoms with E-state index in [1.54, 1.807) is 19.1 Å². The first kappa shape index (κ1) is 21.9. The lowest BCUT2D eigenvalue weighted by Gasteiger charge is -2.26. The highest BCUT2D eigenvalue weighted by Gasteiger charge is 2.55. The highest BCUT2D eigenvalue weighted by atomic mass is 19.4. The third-order valence-electron chi connectivity index (χ3n) is 4.91. The number of pyridine rings is 1. The molecule has 32 heavy (non-hydrogen) atoms. The second-order valence-corrected chi connectivity index (χ2v) is 7.15. The fourth-order valence-electron chi connectivity index (χ4n) is 3.31. The minimum absolute atomic E-state index is 0.255. The molecule has 0 unspecified atom stereocenters. The van der Waals surface area contributed by atoms with E-state index in [-0.39, 0.29) is 22.4 Å². The Morgan fingerprint density at radius 3 is 2.06 bits per heavy atom. The van der Waals surface area contributed by atoms with Crippen molar-refractivity contribution in [3.05, 3.63) is 65.5 Å². The van der Waals surface area contributed by atoms with E-state index < -0.39 is 40.2 Å². The number of rotatable bonds is 2. The van der Waals surface area contributed by atoms with Gasteiger partial charge in [-0.15, -0.1) is 0 Å². The lowest BCUT2D eigenvalue weighted by atomic mass is 9.96. The molecule has 0 saturated carbocycles. The molecular weight excluding hydrogens is 440 g/mol. The molecule has 0 radical (unpaired) electrons. The second kappa shape index (κ2) is 7.10. The van der Waals surface area contributed by atoms with Crippen molar-refractivity contribution in [2.24, 2.45) is 0 Å². The zero-order valence-corrected chi connectivity index (χ0v) is 16.1. The molecule has 0 atom stereocenters. The highest BCUT2D eigenvalue weighted by Crippen LogP contribution is 2.43. The van der Waals surface area contributed by atoms with Gasteiger partial charge in [0.2, 0.25) is 0 Å². The third kappa shape index (κ3) is 3.53. The summed E-state index contributed by atoms with van der Waals surface area (Å²) in [5.41, 5.74) is -2.37. The highest BCUT2D eigenvalue weighted by molar-refractivity contribution is 6.06. The van der Waals surface area contributed by atoms with Crippen molar-refractivity contribution in [1.29, 1.82) is 0 Å². The number of alkyl halides is 6. The number of halogens is 6. The first-order valence-corrected chi connectivity index (χ1v) is 9.06. The summed E-state index contributed by atoms with van der Waals surface area (Å²) in [4.78, 5) is 11.6. The van der Waals surface area contributed by atoms with Crippen molar-refractivity contribution in [2.75, 3.05) is 0 Å². The smallest absolute Gasteiger partial charge is 0.355 e. The van der Waals surface area contributed by atoms with Crippen LogP contribution in [0.15, 0.2) is 48.7 Å². The Morgan fingerprint density at radius 1 is 0.812 bits per heavy atom. The largest absolute Gasteiger partial charge is 0.447 e. The summed E-state index contributed by atoms with van der Waals surface area (Å²) in [6.07, 6.45) is -9.52. The van der Waals surface area contributed by atoms with Gasteiger partial charge in [-0.05, 0) is 19.1 Å². The molecule has 0 saturated heterocycles. The molecule has 2 aromatic carbocycles. The molecule has 5 nitrogen and oxygen atoms in total. The minimum Gasteiger partial charge on any atom is -0.355 e. The fraction of sp³-hybridized carbons (Fsp3) is 0.190. The van der Waals surface area contributed by atoms with Crippen molar-refractivity contribution >= 4 is 21.8 Å². The molecule has 0 aliphatic rings. The predicted molar refractivity (Wildman–Crippen MR) is 102 cm³/mol. The number of hydrogen-bond acceptors (Lipinski definition) is 5. The number of aromatic nitrogens is 3. The second-order valence-electron chi connectivity index (χ2n) is 7.15. The molecule has 11 heteroatoms. The molecule has 2 N–H and O–H groups in total. The summed E-state index contributed by atoms with van der Waals surface area (Å²) in [5.74, 6) is -4.74. The van der Waals surface area contributed by atoms with Gasteiger partial charge in [0.1, 0.15) is 5.52 Å². The zero-order valence-electron chi connectivity index (χ0n) is 16.1. The van der Waals surface area contributed by atoms with E-state index in [1.807, 2.05) is 0 Å². The van der Waals surface area contributed by atoms with Gasteiger partial charge in [-0.3, -0.25) is 4.98 Å². The van der Waals surface area contributed by atoms with Gasteiger partial charge in [0.15, 0.2) is 11.5 Å². The average Bonchev–Trinajstić information content (AvgIpc) is 2.71. The maximum atomic E-state index is 13.9. The lowest BCUT2D eigenvalue weighted by molar-refractivity contribution is -0.357. The van der Waals surface area contributed by atoms with E-state index in [2.05, 4.69) is 15.0 Å². The van der Waals surface area contributed by atoms with Crippen LogP contribution >= 0.6 is 0 Å². The number of fused-ring (bicyclic) bond motifs is 3. The summed E-state index contributed by atoms with van der Waals surface area (Å²) >= 11 is 0. The molecule has 0 spiro atoms. The van der Waals surface area contributed by atoms with E-state index in [4.69, 9.17) is 0 Å². The first-order chi connectivity index (χ1) is 14.8. The van der Waals surface area contributed by atoms with Gasteiger partial charge < -0.3 is 10.2 Å². The third-order valence-corrected chi connectivity index (χ3v) is 4.91. The Morgan fingerprint density at radius 2 is 1.47 bits per heavy atom. The maximum Gasteiger partial charge on any atom is 0.447 e. The summed E-state index contributed by atoms with van der Waals surface area (Å²) in [5, 5.41) is 18.4. The van der Waals surface area contributed by atoms with Crippen LogP contribution in [0.4, 0.5) is 26.3 Å². The summed E-state index contributed by atoms with van der Waals surface area (Å²) < 4.78 is 81.6. The normalized spacial score (nSPS) is 13.2. The molecule has 2 aromatic heterocycles. The van der Waals surface area contributed by atoms with Gasteiger partial charge in [-0.25, -0.2) is 9.97 Å². The average molecular weight is 453 g/mol. The molecular formula is C21H13F6N3O2. The Labute approximate surface area is 176 Å². The minimum atomic E-state index is -5.59. The number of aliphatic hydroxyl groups is 2. The maximum absolute atomic E-state index is 13.9. The Balaban J connectivity index is 2.17. The van der Waals surface area contributed by atoms with Crippen molar-refractivity contribution in [2.45, 2.75) is 25.1 Å². The molecule has 0 aliphatic heterocycles. The summed E-state index contributed by atoms with van der Waals surface area (Å²) in [6, 6.07) is 9.01. The Bertz CT molecular complexity index is 1330. The van der Waals surface area contributed by atoms with Crippen LogP contribution in [0.1, 0.15) is 16.8 Å². The fourth-order valence-corrected chi connectivity index (χ4v) is 3.31. The number of hydrogen-bond donors (Lipinski definition) is 2. The van der Waals surface area contributed by atoms with Crippen molar-refractivity contribution in [3.63, 3.8) is 0 Å². The molecule has 0 bridgehead atoms. The van der Waals surface area contributed by atoms with Crippen LogP contribution in [0.5, 0.6) is 0 Å². The summed E-state index contributed by atoms with van der Waals surface area (Å²) in [6.45, 7) is 1.78. The molecule has 0 amide bonds. The van der Waals surface area contributed by atoms with Crippen molar-refractivity contribution in [3.8, 4) is 11.4 Å². The molecule has 2 heterocycles. The van der Waals surface area contributed by atoms with Gasteiger partial charge in [0.05, 0.1) is 5.52 Å². The Hall–Kier alpha value is -3.31. The molecule has 0 fully saturated rings. The van der Waals surface area contributed by atoms with Crippen molar-refractivity contribution < 1.29 is 36.6 Å². The van der Waals surface area contributed by atoms with Gasteiger partial charge in [0, 0.05) is 28.1 Å². The van der Waals surface area contributed by atoms with Crippen molar-refractivity contribution in [1.82, 2.24) is 15.0 Å². The van der Waals surface area contributed by atoms with Crippen LogP contribution in [-0.4, -0.2) is 31.3 Å². The predicted octanol–water partition coefficient (Wildman–Crippen LogP) is 4.87. The molecule has 4 aromatic rings. The Kier molecular flexibility index (Phi) is 4.86. The van der Waals surface area contributed by atoms with Crippen LogP contribution < -0.4 is 0 Å². The van der Waals surface area contributed by atoms with E-state index in [0.29, 0.717) is 6.07 Å². The first-order valence-electron chi connectivity index (χ1n) is 9.06. The molecule has 166 valence electrons. The lowest BCUT2D eigenvalue weighted by Crippen LogP contribution is -2.42. The zero-order chi connectivity index (χ0) is 23.5. The van der Waals surface area contributed by atoms with E-state index >= 15 is 0 Å². The SMILES string of the molecule is Cc1ccc(-c2nc(C(F)(F)F)c3cc(C(O)(O)C(F)(F)F)c4cccnc4c3n2)cc1. The van der Waals surface area contributed by atoms with E-state index in [0.717, 1.165) is 17.8 Å². The number of nitrogens with zero attached hydrogens (tertiary/aromatic N) is 3. The standard InChI is InChI=1S/C21H13F6N3O2/c1-10-4-6-11(7-5-10)18-29-16-13(17(30-18)20(22,23)24)9-14(19(31,32)21(25,26)27)12-3-2-8-28-15(12)16/h2-9,31-32H,1H3. The van der Waals surface area contributed by atoms with Gasteiger partial charge >= 0.3 is 12.4 Å². The number of benzene rings is 2. The van der Waals surface area contributed by atoms with Crippen LogP contribution in [0.3, 0.4) is 0 Å². The topological polar surface area (TPSA) is 79.1 Å². The van der Waals surface area contributed by atoms with Crippen LogP contribution in [-0.2, 0) is 12.0 Å². The van der Waals surface area contributed by atoms with E-state index in [1.165, 1.54) is 18.2 Å². The van der Waals surface area contributed by atoms with Crippen LogP contribution in [0.25, 0.3) is 33.2 Å². The van der Waals surface area contributed by atoms with Crippen LogP contribution in [0, 0.1) is 6.92 Å². The molecule has 4 rings (SSSR count). The number of aryl methyl sites for hydroxylation is 1. The van der Waals surface area contributed by atoms with Crippen LogP contribution in [0.2, 0.25) is 0 Å². The quantitative estimate of drug-likeness (QED) is 0.257. The molecule has 0 aliphatic carbocycles. The van der Waals surface area contributed by atoms with Gasteiger partial charge in [0.25, 0.3) is 5.79 Å². The van der Waals surface area contributed by atoms with Gasteiger partial charge in [-0.2, -0.15) is 26.3 Å².